The fourth-order valence-electron chi connectivity index (χ4n) is 2.31. The number of aromatic hydroxyl groups is 1. The van der Waals surface area contributed by atoms with Gasteiger partial charge in [0.2, 0.25) is 0 Å². The zero-order chi connectivity index (χ0) is 9.54. The van der Waals surface area contributed by atoms with E-state index in [1.807, 2.05) is 6.07 Å². The summed E-state index contributed by atoms with van der Waals surface area (Å²) < 4.78 is 0. The summed E-state index contributed by atoms with van der Waals surface area (Å²) in [5.41, 5.74) is 2.41. The first kappa shape index (κ1) is 8.16. The van der Waals surface area contributed by atoms with Crippen LogP contribution in [0.5, 0.6) is 5.75 Å². The largest absolute Gasteiger partial charge is 0.506 e. The number of phenolic OH excluding ortho intramolecular Hbond substituents is 1. The summed E-state index contributed by atoms with van der Waals surface area (Å²) in [4.78, 5) is 2.35. The molecule has 0 radical (unpaired) electrons. The van der Waals surface area contributed by atoms with Crippen molar-refractivity contribution in [3.8, 4) is 5.75 Å². The van der Waals surface area contributed by atoms with E-state index in [0.717, 1.165) is 31.1 Å². The molecule has 0 bridgehead atoms. The van der Waals surface area contributed by atoms with Gasteiger partial charge in [0, 0.05) is 13.1 Å². The van der Waals surface area contributed by atoms with Gasteiger partial charge in [0.25, 0.3) is 0 Å². The third-order valence-electron chi connectivity index (χ3n) is 3.24. The van der Waals surface area contributed by atoms with Crippen LogP contribution in [0.3, 0.4) is 0 Å². The smallest absolute Gasteiger partial charge is 0.139 e. The summed E-state index contributed by atoms with van der Waals surface area (Å²) in [6.45, 7) is 2.23. The molecule has 0 atom stereocenters. The van der Waals surface area contributed by atoms with Crippen molar-refractivity contribution in [3.05, 3.63) is 23.8 Å². The molecule has 1 aromatic rings. The van der Waals surface area contributed by atoms with Crippen molar-refractivity contribution in [2.45, 2.75) is 19.3 Å². The Kier molecular flexibility index (Phi) is 1.69. The first-order valence-electron chi connectivity index (χ1n) is 5.40. The standard InChI is InChI=1S/C12H15NO/c14-11-3-1-2-10-6-7-13(12(10)11)8-9-4-5-9/h1-3,9,14H,4-8H2. The summed E-state index contributed by atoms with van der Waals surface area (Å²) in [6.07, 6.45) is 3.84. The van der Waals surface area contributed by atoms with Gasteiger partial charge in [0.05, 0.1) is 5.69 Å². The Labute approximate surface area is 84.2 Å². The Morgan fingerprint density at radius 3 is 3.00 bits per heavy atom. The average molecular weight is 189 g/mol. The predicted molar refractivity (Wildman–Crippen MR) is 56.7 cm³/mol. The summed E-state index contributed by atoms with van der Waals surface area (Å²) >= 11 is 0. The second kappa shape index (κ2) is 2.91. The van der Waals surface area contributed by atoms with Crippen LogP contribution in [0.1, 0.15) is 18.4 Å². The van der Waals surface area contributed by atoms with E-state index >= 15 is 0 Å². The van der Waals surface area contributed by atoms with Crippen LogP contribution in [0.2, 0.25) is 0 Å². The molecule has 0 unspecified atom stereocenters. The molecular weight excluding hydrogens is 174 g/mol. The molecule has 0 saturated heterocycles. The highest BCUT2D eigenvalue weighted by Gasteiger charge is 2.29. The van der Waals surface area contributed by atoms with E-state index in [1.165, 1.54) is 18.4 Å². The van der Waals surface area contributed by atoms with Gasteiger partial charge in [-0.1, -0.05) is 12.1 Å². The van der Waals surface area contributed by atoms with E-state index in [0.29, 0.717) is 5.75 Å². The summed E-state index contributed by atoms with van der Waals surface area (Å²) in [5.74, 6) is 1.35. The first-order chi connectivity index (χ1) is 6.84. The van der Waals surface area contributed by atoms with Gasteiger partial charge in [0.15, 0.2) is 0 Å². The molecule has 3 rings (SSSR count). The lowest BCUT2D eigenvalue weighted by Gasteiger charge is -2.19. The second-order valence-corrected chi connectivity index (χ2v) is 4.42. The minimum absolute atomic E-state index is 0.459. The highest BCUT2D eigenvalue weighted by Crippen LogP contribution is 2.39. The number of anilines is 1. The minimum atomic E-state index is 0.459. The Hall–Kier alpha value is -1.18. The van der Waals surface area contributed by atoms with E-state index in [9.17, 15) is 5.11 Å². The zero-order valence-electron chi connectivity index (χ0n) is 8.24. The van der Waals surface area contributed by atoms with E-state index < -0.39 is 0 Å². The molecule has 1 saturated carbocycles. The number of nitrogens with zero attached hydrogens (tertiary/aromatic N) is 1. The van der Waals surface area contributed by atoms with Crippen molar-refractivity contribution in [2.24, 2.45) is 5.92 Å². The highest BCUT2D eigenvalue weighted by atomic mass is 16.3. The van der Waals surface area contributed by atoms with Crippen LogP contribution in [0.25, 0.3) is 0 Å². The van der Waals surface area contributed by atoms with E-state index in [4.69, 9.17) is 0 Å². The van der Waals surface area contributed by atoms with Gasteiger partial charge in [0.1, 0.15) is 5.75 Å². The van der Waals surface area contributed by atoms with Crippen LogP contribution in [0.15, 0.2) is 18.2 Å². The lowest BCUT2D eigenvalue weighted by Crippen LogP contribution is -2.22. The Morgan fingerprint density at radius 2 is 2.21 bits per heavy atom. The van der Waals surface area contributed by atoms with Crippen molar-refractivity contribution in [1.82, 2.24) is 0 Å². The fraction of sp³-hybridized carbons (Fsp3) is 0.500. The number of fused-ring (bicyclic) bond motifs is 1. The maximum absolute atomic E-state index is 9.79. The third kappa shape index (κ3) is 1.26. The molecule has 74 valence electrons. The van der Waals surface area contributed by atoms with E-state index in [1.54, 1.807) is 6.07 Å². The Balaban J connectivity index is 1.91. The molecule has 1 aromatic carbocycles. The number of hydrogen-bond acceptors (Lipinski definition) is 2. The normalized spacial score (nSPS) is 19.9. The first-order valence-corrected chi connectivity index (χ1v) is 5.40. The minimum Gasteiger partial charge on any atom is -0.506 e. The van der Waals surface area contributed by atoms with E-state index in [-0.39, 0.29) is 0 Å². The maximum Gasteiger partial charge on any atom is 0.139 e. The summed E-state index contributed by atoms with van der Waals surface area (Å²) in [6, 6.07) is 5.86. The van der Waals surface area contributed by atoms with E-state index in [2.05, 4.69) is 11.0 Å². The van der Waals surface area contributed by atoms with Crippen LogP contribution in [-0.2, 0) is 6.42 Å². The molecule has 1 aliphatic carbocycles. The van der Waals surface area contributed by atoms with Gasteiger partial charge >= 0.3 is 0 Å². The van der Waals surface area contributed by atoms with Crippen molar-refractivity contribution in [2.75, 3.05) is 18.0 Å². The molecule has 1 heterocycles. The quantitative estimate of drug-likeness (QED) is 0.770. The van der Waals surface area contributed by atoms with Crippen molar-refractivity contribution >= 4 is 5.69 Å². The van der Waals surface area contributed by atoms with Crippen molar-refractivity contribution in [1.29, 1.82) is 0 Å². The zero-order valence-corrected chi connectivity index (χ0v) is 8.24. The van der Waals surface area contributed by atoms with Crippen LogP contribution < -0.4 is 4.90 Å². The molecule has 1 N–H and O–H groups in total. The van der Waals surface area contributed by atoms with Crippen LogP contribution in [0.4, 0.5) is 5.69 Å². The Bertz CT molecular complexity index is 357. The van der Waals surface area contributed by atoms with Gasteiger partial charge in [-0.15, -0.1) is 0 Å². The molecule has 0 amide bonds. The molecule has 2 nitrogen and oxygen atoms in total. The Morgan fingerprint density at radius 1 is 1.36 bits per heavy atom. The molecule has 1 aliphatic heterocycles. The topological polar surface area (TPSA) is 23.5 Å². The van der Waals surface area contributed by atoms with Gasteiger partial charge in [-0.3, -0.25) is 0 Å². The molecular formula is C12H15NO. The molecule has 1 fully saturated rings. The maximum atomic E-state index is 9.79. The fourth-order valence-corrected chi connectivity index (χ4v) is 2.31. The van der Waals surface area contributed by atoms with Gasteiger partial charge < -0.3 is 10.0 Å². The van der Waals surface area contributed by atoms with Crippen molar-refractivity contribution in [3.63, 3.8) is 0 Å². The lowest BCUT2D eigenvalue weighted by molar-refractivity contribution is 0.474. The molecule has 0 spiro atoms. The van der Waals surface area contributed by atoms with Gasteiger partial charge in [-0.05, 0) is 36.8 Å². The second-order valence-electron chi connectivity index (χ2n) is 4.42. The number of para-hydroxylation sites is 1. The summed E-state index contributed by atoms with van der Waals surface area (Å²) in [5, 5.41) is 9.79. The van der Waals surface area contributed by atoms with Crippen LogP contribution in [0, 0.1) is 5.92 Å². The lowest BCUT2D eigenvalue weighted by atomic mass is 10.1. The third-order valence-corrected chi connectivity index (χ3v) is 3.24. The van der Waals surface area contributed by atoms with Gasteiger partial charge in [-0.25, -0.2) is 0 Å². The van der Waals surface area contributed by atoms with Crippen LogP contribution in [-0.4, -0.2) is 18.2 Å². The highest BCUT2D eigenvalue weighted by molar-refractivity contribution is 5.66. The molecule has 2 heteroatoms. The monoisotopic (exact) mass is 189 g/mol. The van der Waals surface area contributed by atoms with Crippen molar-refractivity contribution < 1.29 is 5.11 Å². The number of benzene rings is 1. The molecule has 2 aliphatic rings. The SMILES string of the molecule is Oc1cccc2c1N(CC1CC1)CC2. The molecule has 0 aromatic heterocycles. The number of hydrogen-bond donors (Lipinski definition) is 1. The summed E-state index contributed by atoms with van der Waals surface area (Å²) in [7, 11) is 0. The average Bonchev–Trinajstić information content (AvgIpc) is 2.88. The molecule has 14 heavy (non-hydrogen) atoms. The number of rotatable bonds is 2. The van der Waals surface area contributed by atoms with Gasteiger partial charge in [-0.2, -0.15) is 0 Å². The van der Waals surface area contributed by atoms with Crippen LogP contribution >= 0.6 is 0 Å². The predicted octanol–water partition coefficient (Wildman–Crippen LogP) is 2.16. The number of phenols is 1.